The maximum Gasteiger partial charge on any atom is 0.227 e. The van der Waals surface area contributed by atoms with E-state index in [-0.39, 0.29) is 5.91 Å². The van der Waals surface area contributed by atoms with Gasteiger partial charge >= 0.3 is 0 Å². The number of nitrogens with zero attached hydrogens (tertiary/aromatic N) is 1. The van der Waals surface area contributed by atoms with Crippen LogP contribution in [0.5, 0.6) is 0 Å². The first-order valence-corrected chi connectivity index (χ1v) is 7.00. The van der Waals surface area contributed by atoms with E-state index in [1.54, 1.807) is 4.90 Å². The summed E-state index contributed by atoms with van der Waals surface area (Å²) in [6, 6.07) is 6.28. The van der Waals surface area contributed by atoms with Crippen LogP contribution in [0, 0.1) is 0 Å². The first-order valence-electron chi connectivity index (χ1n) is 7.00. The molecular formula is C15H23N3O. The number of fused-ring (bicyclic) bond motifs is 1. The lowest BCUT2D eigenvalue weighted by molar-refractivity contribution is -0.118. The van der Waals surface area contributed by atoms with Gasteiger partial charge in [-0.05, 0) is 56.6 Å². The summed E-state index contributed by atoms with van der Waals surface area (Å²) in [5, 5.41) is 6.60. The molecule has 2 N–H and O–H groups in total. The van der Waals surface area contributed by atoms with E-state index in [9.17, 15) is 4.79 Å². The van der Waals surface area contributed by atoms with Crippen LogP contribution in [0.2, 0.25) is 0 Å². The maximum absolute atomic E-state index is 11.6. The van der Waals surface area contributed by atoms with E-state index in [1.807, 2.05) is 20.2 Å². The van der Waals surface area contributed by atoms with Crippen molar-refractivity contribution >= 4 is 17.3 Å². The molecule has 1 amide bonds. The molecule has 0 atom stereocenters. The highest BCUT2D eigenvalue weighted by Crippen LogP contribution is 2.29. The van der Waals surface area contributed by atoms with Gasteiger partial charge in [0.05, 0.1) is 0 Å². The molecule has 104 valence electrons. The normalized spacial score (nSPS) is 14.4. The molecule has 0 aromatic heterocycles. The highest BCUT2D eigenvalue weighted by molar-refractivity contribution is 5.96. The number of hydrogen-bond donors (Lipinski definition) is 2. The molecule has 0 aliphatic carbocycles. The summed E-state index contributed by atoms with van der Waals surface area (Å²) in [6.45, 7) is 2.06. The third-order valence-corrected chi connectivity index (χ3v) is 3.61. The second kappa shape index (κ2) is 6.57. The summed E-state index contributed by atoms with van der Waals surface area (Å²) in [6.07, 6.45) is 3.82. The summed E-state index contributed by atoms with van der Waals surface area (Å²) in [7, 11) is 3.83. The summed E-state index contributed by atoms with van der Waals surface area (Å²) >= 11 is 0. The third kappa shape index (κ3) is 3.47. The number of rotatable bonds is 6. The minimum Gasteiger partial charge on any atom is -0.385 e. The van der Waals surface area contributed by atoms with Crippen molar-refractivity contribution in [3.63, 3.8) is 0 Å². The van der Waals surface area contributed by atoms with Crippen LogP contribution in [0.3, 0.4) is 0 Å². The highest BCUT2D eigenvalue weighted by atomic mass is 16.2. The van der Waals surface area contributed by atoms with Gasteiger partial charge in [0.15, 0.2) is 0 Å². The van der Waals surface area contributed by atoms with E-state index < -0.39 is 0 Å². The fourth-order valence-electron chi connectivity index (χ4n) is 2.43. The fourth-order valence-corrected chi connectivity index (χ4v) is 2.43. The van der Waals surface area contributed by atoms with Crippen molar-refractivity contribution in [3.8, 4) is 0 Å². The number of anilines is 2. The Morgan fingerprint density at radius 3 is 2.79 bits per heavy atom. The van der Waals surface area contributed by atoms with Gasteiger partial charge < -0.3 is 15.5 Å². The molecule has 0 radical (unpaired) electrons. The highest BCUT2D eigenvalue weighted by Gasteiger charge is 2.20. The molecule has 2 rings (SSSR count). The van der Waals surface area contributed by atoms with Crippen molar-refractivity contribution in [1.29, 1.82) is 0 Å². The number of carbonyl (C=O) groups is 1. The standard InChI is InChI=1S/C15H23N3O/c1-16-9-3-4-10-17-13-6-7-14-12(11-13)5-8-15(19)18(14)2/h6-7,11,16-17H,3-5,8-10H2,1-2H3. The fraction of sp³-hybridized carbons (Fsp3) is 0.533. The van der Waals surface area contributed by atoms with E-state index in [1.165, 1.54) is 12.0 Å². The molecule has 0 unspecified atom stereocenters. The molecule has 19 heavy (non-hydrogen) atoms. The van der Waals surface area contributed by atoms with Crippen molar-refractivity contribution in [3.05, 3.63) is 23.8 Å². The predicted molar refractivity (Wildman–Crippen MR) is 79.8 cm³/mol. The second-order valence-electron chi connectivity index (χ2n) is 5.03. The number of aryl methyl sites for hydroxylation is 1. The van der Waals surface area contributed by atoms with Gasteiger partial charge in [-0.1, -0.05) is 0 Å². The topological polar surface area (TPSA) is 44.4 Å². The van der Waals surface area contributed by atoms with Crippen molar-refractivity contribution in [2.45, 2.75) is 25.7 Å². The first kappa shape index (κ1) is 13.9. The molecule has 0 spiro atoms. The number of benzene rings is 1. The number of carbonyl (C=O) groups excluding carboxylic acids is 1. The van der Waals surface area contributed by atoms with Crippen molar-refractivity contribution < 1.29 is 4.79 Å². The molecule has 1 aromatic carbocycles. The van der Waals surface area contributed by atoms with Gasteiger partial charge in [0.2, 0.25) is 5.91 Å². The van der Waals surface area contributed by atoms with E-state index in [0.29, 0.717) is 6.42 Å². The minimum atomic E-state index is 0.209. The molecule has 1 aromatic rings. The summed E-state index contributed by atoms with van der Waals surface area (Å²) in [4.78, 5) is 13.4. The molecule has 1 aliphatic rings. The zero-order valence-corrected chi connectivity index (χ0v) is 11.8. The average Bonchev–Trinajstić information content (AvgIpc) is 2.43. The Hall–Kier alpha value is -1.55. The van der Waals surface area contributed by atoms with Crippen LogP contribution < -0.4 is 15.5 Å². The van der Waals surface area contributed by atoms with Gasteiger partial charge in [-0.25, -0.2) is 0 Å². The zero-order chi connectivity index (χ0) is 13.7. The Labute approximate surface area is 115 Å². The predicted octanol–water partition coefficient (Wildman–Crippen LogP) is 2.01. The van der Waals surface area contributed by atoms with E-state index in [0.717, 1.165) is 37.3 Å². The van der Waals surface area contributed by atoms with Gasteiger partial charge in [-0.3, -0.25) is 4.79 Å². The average molecular weight is 261 g/mol. The Bertz CT molecular complexity index is 445. The van der Waals surface area contributed by atoms with Gasteiger partial charge in [-0.2, -0.15) is 0 Å². The second-order valence-corrected chi connectivity index (χ2v) is 5.03. The van der Waals surface area contributed by atoms with Crippen LogP contribution in [0.15, 0.2) is 18.2 Å². The molecule has 0 saturated carbocycles. The van der Waals surface area contributed by atoms with Gasteiger partial charge in [0, 0.05) is 31.4 Å². The van der Waals surface area contributed by atoms with Crippen LogP contribution in [0.25, 0.3) is 0 Å². The van der Waals surface area contributed by atoms with Gasteiger partial charge in [-0.15, -0.1) is 0 Å². The summed E-state index contributed by atoms with van der Waals surface area (Å²) in [5.74, 6) is 0.209. The van der Waals surface area contributed by atoms with E-state index >= 15 is 0 Å². The quantitative estimate of drug-likeness (QED) is 0.770. The Kier molecular flexibility index (Phi) is 4.80. The lowest BCUT2D eigenvalue weighted by Gasteiger charge is -2.26. The Balaban J connectivity index is 1.92. The summed E-state index contributed by atoms with van der Waals surface area (Å²) < 4.78 is 0. The first-order chi connectivity index (χ1) is 9.22. The van der Waals surface area contributed by atoms with Crippen LogP contribution in [0.1, 0.15) is 24.8 Å². The van der Waals surface area contributed by atoms with Crippen LogP contribution >= 0.6 is 0 Å². The smallest absolute Gasteiger partial charge is 0.227 e. The van der Waals surface area contributed by atoms with Crippen molar-refractivity contribution in [2.24, 2.45) is 0 Å². The Morgan fingerprint density at radius 1 is 1.21 bits per heavy atom. The van der Waals surface area contributed by atoms with Crippen molar-refractivity contribution in [2.75, 3.05) is 37.4 Å². The molecule has 4 heteroatoms. The number of nitrogens with one attached hydrogen (secondary N) is 2. The molecule has 0 fully saturated rings. The SMILES string of the molecule is CNCCCCNc1ccc2c(c1)CCC(=O)N2C. The molecule has 1 heterocycles. The summed E-state index contributed by atoms with van der Waals surface area (Å²) in [5.41, 5.74) is 3.48. The van der Waals surface area contributed by atoms with Gasteiger partial charge in [0.25, 0.3) is 0 Å². The Morgan fingerprint density at radius 2 is 2.00 bits per heavy atom. The third-order valence-electron chi connectivity index (χ3n) is 3.61. The lowest BCUT2D eigenvalue weighted by atomic mass is 10.0. The molecule has 0 bridgehead atoms. The monoisotopic (exact) mass is 261 g/mol. The zero-order valence-electron chi connectivity index (χ0n) is 11.8. The number of amides is 1. The van der Waals surface area contributed by atoms with E-state index in [4.69, 9.17) is 0 Å². The largest absolute Gasteiger partial charge is 0.385 e. The van der Waals surface area contributed by atoms with E-state index in [2.05, 4.69) is 22.8 Å². The minimum absolute atomic E-state index is 0.209. The molecule has 1 aliphatic heterocycles. The molecule has 4 nitrogen and oxygen atoms in total. The number of hydrogen-bond acceptors (Lipinski definition) is 3. The lowest BCUT2D eigenvalue weighted by Crippen LogP contribution is -2.31. The maximum atomic E-state index is 11.6. The van der Waals surface area contributed by atoms with Crippen LogP contribution in [-0.2, 0) is 11.2 Å². The molecular weight excluding hydrogens is 238 g/mol. The van der Waals surface area contributed by atoms with Crippen LogP contribution in [-0.4, -0.2) is 33.1 Å². The molecule has 0 saturated heterocycles. The van der Waals surface area contributed by atoms with Crippen molar-refractivity contribution in [1.82, 2.24) is 5.32 Å². The number of unbranched alkanes of at least 4 members (excludes halogenated alkanes) is 1. The van der Waals surface area contributed by atoms with Crippen LogP contribution in [0.4, 0.5) is 11.4 Å². The van der Waals surface area contributed by atoms with Gasteiger partial charge in [0.1, 0.15) is 0 Å².